The molecule has 0 unspecified atom stereocenters. The summed E-state index contributed by atoms with van der Waals surface area (Å²) in [7, 11) is 0. The Hall–Kier alpha value is -8.97. The lowest BCUT2D eigenvalue weighted by Gasteiger charge is -2.11. The van der Waals surface area contributed by atoms with E-state index >= 15 is 0 Å². The monoisotopic (exact) mass is 899 g/mol. The van der Waals surface area contributed by atoms with Crippen LogP contribution in [0.3, 0.4) is 0 Å². The molecule has 10 aromatic carbocycles. The van der Waals surface area contributed by atoms with Crippen LogP contribution in [0, 0.1) is 0 Å². The van der Waals surface area contributed by atoms with Crippen LogP contribution in [0.5, 0.6) is 0 Å². The van der Waals surface area contributed by atoms with Crippen molar-refractivity contribution in [1.82, 2.24) is 15.0 Å². The van der Waals surface area contributed by atoms with E-state index in [0.29, 0.717) is 17.5 Å². The summed E-state index contributed by atoms with van der Waals surface area (Å²) < 4.78 is 16.0. The van der Waals surface area contributed by atoms with Gasteiger partial charge in [0, 0.05) is 64.0 Å². The number of hydrogen-bond donors (Lipinski definition) is 0. The van der Waals surface area contributed by atoms with Gasteiger partial charge in [0.1, 0.15) is 22.3 Å². The number of thiophene rings is 1. The molecule has 4 aromatic heterocycles. The van der Waals surface area contributed by atoms with Crippen molar-refractivity contribution in [2.45, 2.75) is 0 Å². The fourth-order valence-electron chi connectivity index (χ4n) is 10.0. The van der Waals surface area contributed by atoms with Gasteiger partial charge in [0.25, 0.3) is 0 Å². The lowest BCUT2D eigenvalue weighted by atomic mass is 9.92. The van der Waals surface area contributed by atoms with Crippen molar-refractivity contribution in [3.8, 4) is 78.7 Å². The van der Waals surface area contributed by atoms with Crippen molar-refractivity contribution in [3.05, 3.63) is 224 Å². The predicted octanol–water partition coefficient (Wildman–Crippen LogP) is 17.7. The summed E-state index contributed by atoms with van der Waals surface area (Å²) in [4.78, 5) is 15.1. The molecular weight excluding hydrogens is 863 g/mol. The molecule has 0 atom stereocenters. The molecule has 0 spiro atoms. The largest absolute Gasteiger partial charge is 0.456 e. The van der Waals surface area contributed by atoms with Crippen LogP contribution >= 0.6 is 11.3 Å². The van der Waals surface area contributed by atoms with Gasteiger partial charge in [-0.1, -0.05) is 176 Å². The molecular formula is C63H37N3O2S. The van der Waals surface area contributed by atoms with Crippen LogP contribution < -0.4 is 0 Å². The third-order valence-corrected chi connectivity index (χ3v) is 14.5. The quantitative estimate of drug-likeness (QED) is 0.159. The van der Waals surface area contributed by atoms with Crippen LogP contribution in [0.25, 0.3) is 143 Å². The molecule has 0 saturated carbocycles. The van der Waals surface area contributed by atoms with Gasteiger partial charge in [-0.15, -0.1) is 11.3 Å². The molecule has 14 aromatic rings. The maximum absolute atomic E-state index is 7.04. The van der Waals surface area contributed by atoms with Crippen LogP contribution in [-0.4, -0.2) is 15.0 Å². The highest BCUT2D eigenvalue weighted by molar-refractivity contribution is 7.26. The Morgan fingerprint density at radius 1 is 0.290 bits per heavy atom. The molecule has 0 aliphatic rings. The van der Waals surface area contributed by atoms with Crippen molar-refractivity contribution < 1.29 is 8.83 Å². The molecule has 5 nitrogen and oxygen atoms in total. The van der Waals surface area contributed by atoms with E-state index in [1.165, 1.54) is 36.9 Å². The Labute approximate surface area is 400 Å². The smallest absolute Gasteiger partial charge is 0.164 e. The van der Waals surface area contributed by atoms with E-state index in [0.717, 1.165) is 88.4 Å². The van der Waals surface area contributed by atoms with E-state index in [-0.39, 0.29) is 0 Å². The lowest BCUT2D eigenvalue weighted by molar-refractivity contribution is 0.668. The zero-order valence-corrected chi connectivity index (χ0v) is 37.7. The van der Waals surface area contributed by atoms with Crippen molar-refractivity contribution in [2.75, 3.05) is 0 Å². The topological polar surface area (TPSA) is 65.0 Å². The molecule has 0 amide bonds. The zero-order valence-electron chi connectivity index (χ0n) is 36.9. The summed E-state index contributed by atoms with van der Waals surface area (Å²) in [5.74, 6) is 1.85. The molecule has 0 bridgehead atoms. The molecule has 0 radical (unpaired) electrons. The summed E-state index contributed by atoms with van der Waals surface area (Å²) in [5, 5.41) is 6.77. The first-order valence-electron chi connectivity index (χ1n) is 23.1. The minimum absolute atomic E-state index is 0.603. The molecule has 4 heterocycles. The molecule has 6 heteroatoms. The molecule has 0 aliphatic carbocycles. The summed E-state index contributed by atoms with van der Waals surface area (Å²) in [6, 6.07) is 78.7. The fraction of sp³-hybridized carbons (Fsp3) is 0. The Kier molecular flexibility index (Phi) is 9.00. The van der Waals surface area contributed by atoms with Gasteiger partial charge in [-0.05, 0) is 87.5 Å². The van der Waals surface area contributed by atoms with E-state index in [1.807, 2.05) is 84.1 Å². The molecule has 0 saturated heterocycles. The van der Waals surface area contributed by atoms with Gasteiger partial charge >= 0.3 is 0 Å². The van der Waals surface area contributed by atoms with E-state index in [4.69, 9.17) is 23.8 Å². The highest BCUT2D eigenvalue weighted by Crippen LogP contribution is 2.47. The van der Waals surface area contributed by atoms with Crippen molar-refractivity contribution in [3.63, 3.8) is 0 Å². The number of rotatable bonds is 7. The summed E-state index contributed by atoms with van der Waals surface area (Å²) >= 11 is 1.85. The summed E-state index contributed by atoms with van der Waals surface area (Å²) in [6.07, 6.45) is 0. The number of aromatic nitrogens is 3. The number of para-hydroxylation sites is 1. The highest BCUT2D eigenvalue weighted by atomic mass is 32.1. The van der Waals surface area contributed by atoms with Crippen molar-refractivity contribution in [2.24, 2.45) is 0 Å². The second kappa shape index (κ2) is 15.8. The Balaban J connectivity index is 0.980. The lowest BCUT2D eigenvalue weighted by Crippen LogP contribution is -2.00. The molecule has 69 heavy (non-hydrogen) atoms. The van der Waals surface area contributed by atoms with Gasteiger partial charge in [-0.3, -0.25) is 0 Å². The zero-order chi connectivity index (χ0) is 45.4. The standard InChI is InChI=1S/C63H37N3O2S/c1-4-15-38(16-5-1)41-29-32-50-51-26-13-25-47(60(51)69-57(50)37-41)45-34-52(43-30-31-49-48-23-10-11-27-54(48)67-56(49)36-43)59-53(35-45)58-46(24-14-28-55(58)68-59)42-21-12-22-44(33-42)63-65-61(39-17-6-2-7-18-39)64-62(66-63)40-19-8-3-9-20-40/h1-37H. The first-order valence-corrected chi connectivity index (χ1v) is 23.9. The summed E-state index contributed by atoms with van der Waals surface area (Å²) in [6.45, 7) is 0. The molecule has 322 valence electrons. The molecule has 0 fully saturated rings. The summed E-state index contributed by atoms with van der Waals surface area (Å²) in [5.41, 5.74) is 14.9. The number of fused-ring (bicyclic) bond motifs is 9. The first kappa shape index (κ1) is 39.2. The Bertz CT molecular complexity index is 4250. The average Bonchev–Trinajstić information content (AvgIpc) is 4.12. The number of hydrogen-bond acceptors (Lipinski definition) is 6. The van der Waals surface area contributed by atoms with Gasteiger partial charge in [0.15, 0.2) is 17.5 Å². The van der Waals surface area contributed by atoms with Crippen LogP contribution in [0.4, 0.5) is 0 Å². The van der Waals surface area contributed by atoms with Crippen LogP contribution in [0.15, 0.2) is 233 Å². The van der Waals surface area contributed by atoms with Crippen LogP contribution in [0.2, 0.25) is 0 Å². The van der Waals surface area contributed by atoms with Gasteiger partial charge in [0.2, 0.25) is 0 Å². The van der Waals surface area contributed by atoms with E-state index in [2.05, 4.69) is 152 Å². The number of benzene rings is 10. The van der Waals surface area contributed by atoms with Gasteiger partial charge in [-0.2, -0.15) is 0 Å². The van der Waals surface area contributed by atoms with Crippen LogP contribution in [-0.2, 0) is 0 Å². The third-order valence-electron chi connectivity index (χ3n) is 13.3. The SMILES string of the molecule is c1ccc(-c2ccc3c(c2)sc2c(-c4cc(-c5ccc6c(c5)oc5ccccc56)c5oc6cccc(-c7cccc(-c8nc(-c9ccccc9)nc(-c9ccccc9)n8)c7)c6c5c4)cccc23)cc1. The minimum atomic E-state index is 0.603. The maximum Gasteiger partial charge on any atom is 0.164 e. The number of furan rings is 2. The van der Waals surface area contributed by atoms with E-state index in [1.54, 1.807) is 0 Å². The third kappa shape index (κ3) is 6.64. The average molecular weight is 900 g/mol. The minimum Gasteiger partial charge on any atom is -0.456 e. The highest BCUT2D eigenvalue weighted by Gasteiger charge is 2.22. The van der Waals surface area contributed by atoms with E-state index < -0.39 is 0 Å². The Morgan fingerprint density at radius 3 is 1.64 bits per heavy atom. The van der Waals surface area contributed by atoms with Gasteiger partial charge in [-0.25, -0.2) is 15.0 Å². The van der Waals surface area contributed by atoms with Gasteiger partial charge in [0.05, 0.1) is 0 Å². The Morgan fingerprint density at radius 2 is 0.855 bits per heavy atom. The second-order valence-corrected chi connectivity index (χ2v) is 18.5. The van der Waals surface area contributed by atoms with Crippen molar-refractivity contribution in [1.29, 1.82) is 0 Å². The maximum atomic E-state index is 7.04. The van der Waals surface area contributed by atoms with E-state index in [9.17, 15) is 0 Å². The fourth-order valence-corrected chi connectivity index (χ4v) is 11.3. The van der Waals surface area contributed by atoms with Crippen molar-refractivity contribution >= 4 is 75.4 Å². The molecule has 0 aliphatic heterocycles. The molecule has 0 N–H and O–H groups in total. The molecule has 14 rings (SSSR count). The number of nitrogens with zero attached hydrogens (tertiary/aromatic N) is 3. The first-order chi connectivity index (χ1) is 34.2. The van der Waals surface area contributed by atoms with Gasteiger partial charge < -0.3 is 8.83 Å². The normalized spacial score (nSPS) is 11.8. The van der Waals surface area contributed by atoms with Crippen LogP contribution in [0.1, 0.15) is 0 Å². The predicted molar refractivity (Wildman–Crippen MR) is 285 cm³/mol. The second-order valence-electron chi connectivity index (χ2n) is 17.5.